The third-order valence-corrected chi connectivity index (χ3v) is 3.19. The highest BCUT2D eigenvalue weighted by Crippen LogP contribution is 2.23. The van der Waals surface area contributed by atoms with E-state index in [2.05, 4.69) is 5.32 Å². The Morgan fingerprint density at radius 1 is 1.32 bits per heavy atom. The van der Waals surface area contributed by atoms with Crippen LogP contribution in [0.2, 0.25) is 0 Å². The quantitative estimate of drug-likeness (QED) is 0.761. The number of nitrogens with one attached hydrogen (secondary N) is 1. The van der Waals surface area contributed by atoms with Crippen LogP contribution in [-0.4, -0.2) is 31.3 Å². The van der Waals surface area contributed by atoms with Gasteiger partial charge < -0.3 is 15.3 Å². The van der Waals surface area contributed by atoms with Gasteiger partial charge in [0.1, 0.15) is 5.82 Å². The Morgan fingerprint density at radius 3 is 2.58 bits per heavy atom. The van der Waals surface area contributed by atoms with E-state index in [0.717, 1.165) is 25.1 Å². The smallest absolute Gasteiger partial charge is 0.146 e. The lowest BCUT2D eigenvalue weighted by Crippen LogP contribution is -2.28. The van der Waals surface area contributed by atoms with Crippen molar-refractivity contribution in [2.75, 3.05) is 31.1 Å². The van der Waals surface area contributed by atoms with Crippen LogP contribution in [0.3, 0.4) is 0 Å². The van der Waals surface area contributed by atoms with Gasteiger partial charge in [-0.1, -0.05) is 19.9 Å². The van der Waals surface area contributed by atoms with E-state index < -0.39 is 0 Å². The number of halogens is 1. The molecule has 4 heteroatoms. The van der Waals surface area contributed by atoms with Crippen LogP contribution in [0.4, 0.5) is 10.1 Å². The Kier molecular flexibility index (Phi) is 6.81. The van der Waals surface area contributed by atoms with Crippen molar-refractivity contribution in [1.29, 1.82) is 0 Å². The third kappa shape index (κ3) is 4.48. The van der Waals surface area contributed by atoms with Gasteiger partial charge in [0.15, 0.2) is 0 Å². The molecule has 19 heavy (non-hydrogen) atoms. The summed E-state index contributed by atoms with van der Waals surface area (Å²) in [6.45, 7) is 8.21. The van der Waals surface area contributed by atoms with Crippen molar-refractivity contribution in [1.82, 2.24) is 5.32 Å². The van der Waals surface area contributed by atoms with Crippen LogP contribution in [-0.2, 0) is 0 Å². The van der Waals surface area contributed by atoms with Gasteiger partial charge in [-0.3, -0.25) is 0 Å². The highest BCUT2D eigenvalue weighted by molar-refractivity contribution is 5.49. The third-order valence-electron chi connectivity index (χ3n) is 3.19. The summed E-state index contributed by atoms with van der Waals surface area (Å²) in [4.78, 5) is 1.89. The van der Waals surface area contributed by atoms with E-state index >= 15 is 0 Å². The van der Waals surface area contributed by atoms with E-state index in [1.54, 1.807) is 6.07 Å². The molecule has 0 aromatic heterocycles. The Balaban J connectivity index is 2.91. The van der Waals surface area contributed by atoms with Crippen molar-refractivity contribution < 1.29 is 9.50 Å². The number of benzene rings is 1. The summed E-state index contributed by atoms with van der Waals surface area (Å²) < 4.78 is 14.2. The molecule has 1 atom stereocenters. The topological polar surface area (TPSA) is 35.5 Å². The molecule has 0 saturated heterocycles. The normalized spacial score (nSPS) is 12.5. The lowest BCUT2D eigenvalue weighted by Gasteiger charge is -2.24. The van der Waals surface area contributed by atoms with Crippen LogP contribution in [0.25, 0.3) is 0 Å². The maximum atomic E-state index is 14.2. The van der Waals surface area contributed by atoms with Gasteiger partial charge in [-0.15, -0.1) is 0 Å². The standard InChI is InChI=1S/C15H25FN2O/c1-4-8-18(9-10-19)15-7-6-13(11-14(15)16)12(3)17-5-2/h6-7,11-12,17,19H,4-5,8-10H2,1-3H3. The van der Waals surface area contributed by atoms with Crippen LogP contribution in [0.15, 0.2) is 18.2 Å². The molecule has 1 aromatic carbocycles. The largest absolute Gasteiger partial charge is 0.395 e. The van der Waals surface area contributed by atoms with Crippen LogP contribution >= 0.6 is 0 Å². The lowest BCUT2D eigenvalue weighted by molar-refractivity contribution is 0.301. The summed E-state index contributed by atoms with van der Waals surface area (Å²) in [6, 6.07) is 5.49. The van der Waals surface area contributed by atoms with Crippen molar-refractivity contribution in [3.05, 3.63) is 29.6 Å². The SMILES string of the molecule is CCCN(CCO)c1ccc(C(C)NCC)cc1F. The monoisotopic (exact) mass is 268 g/mol. The molecule has 0 saturated carbocycles. The Hall–Kier alpha value is -1.13. The predicted molar refractivity (Wildman–Crippen MR) is 78.1 cm³/mol. The van der Waals surface area contributed by atoms with Gasteiger partial charge in [-0.05, 0) is 37.6 Å². The average molecular weight is 268 g/mol. The second-order valence-electron chi connectivity index (χ2n) is 4.70. The summed E-state index contributed by atoms with van der Waals surface area (Å²) in [7, 11) is 0. The number of aliphatic hydroxyl groups is 1. The van der Waals surface area contributed by atoms with Gasteiger partial charge in [-0.2, -0.15) is 0 Å². The van der Waals surface area contributed by atoms with E-state index in [4.69, 9.17) is 5.11 Å². The molecular formula is C15H25FN2O. The fourth-order valence-corrected chi connectivity index (χ4v) is 2.22. The molecule has 0 amide bonds. The van der Waals surface area contributed by atoms with Crippen LogP contribution in [0, 0.1) is 5.82 Å². The molecule has 3 nitrogen and oxygen atoms in total. The zero-order valence-corrected chi connectivity index (χ0v) is 12.1. The van der Waals surface area contributed by atoms with Gasteiger partial charge in [-0.25, -0.2) is 4.39 Å². The maximum Gasteiger partial charge on any atom is 0.146 e. The van der Waals surface area contributed by atoms with Crippen molar-refractivity contribution >= 4 is 5.69 Å². The minimum absolute atomic E-state index is 0.0367. The van der Waals surface area contributed by atoms with E-state index in [1.807, 2.05) is 37.8 Å². The minimum Gasteiger partial charge on any atom is -0.395 e. The average Bonchev–Trinajstić information content (AvgIpc) is 2.39. The number of rotatable bonds is 8. The van der Waals surface area contributed by atoms with Gasteiger partial charge in [0.2, 0.25) is 0 Å². The fourth-order valence-electron chi connectivity index (χ4n) is 2.22. The lowest BCUT2D eigenvalue weighted by atomic mass is 10.1. The first-order chi connectivity index (χ1) is 9.13. The van der Waals surface area contributed by atoms with Crippen molar-refractivity contribution in [3.63, 3.8) is 0 Å². The number of aliphatic hydroxyl groups excluding tert-OH is 1. The summed E-state index contributed by atoms with van der Waals surface area (Å²) >= 11 is 0. The summed E-state index contributed by atoms with van der Waals surface area (Å²) in [5, 5.41) is 12.3. The molecule has 0 bridgehead atoms. The highest BCUT2D eigenvalue weighted by atomic mass is 19.1. The molecular weight excluding hydrogens is 243 g/mol. The van der Waals surface area contributed by atoms with Crippen molar-refractivity contribution in [2.45, 2.75) is 33.2 Å². The fraction of sp³-hybridized carbons (Fsp3) is 0.600. The van der Waals surface area contributed by atoms with E-state index in [1.165, 1.54) is 0 Å². The summed E-state index contributed by atoms with van der Waals surface area (Å²) in [5.41, 5.74) is 1.52. The van der Waals surface area contributed by atoms with Crippen molar-refractivity contribution in [3.8, 4) is 0 Å². The number of hydrogen-bond donors (Lipinski definition) is 2. The van der Waals surface area contributed by atoms with E-state index in [-0.39, 0.29) is 18.5 Å². The first-order valence-corrected chi connectivity index (χ1v) is 7.02. The Labute approximate surface area is 115 Å². The maximum absolute atomic E-state index is 14.2. The zero-order valence-electron chi connectivity index (χ0n) is 12.1. The molecule has 0 spiro atoms. The van der Waals surface area contributed by atoms with Crippen LogP contribution in [0.1, 0.15) is 38.8 Å². The number of nitrogens with zero attached hydrogens (tertiary/aromatic N) is 1. The number of hydrogen-bond acceptors (Lipinski definition) is 3. The molecule has 108 valence electrons. The Bertz CT molecular complexity index is 378. The second kappa shape index (κ2) is 8.12. The predicted octanol–water partition coefficient (Wildman–Crippen LogP) is 2.70. The molecule has 0 aliphatic heterocycles. The van der Waals surface area contributed by atoms with Gasteiger partial charge in [0, 0.05) is 19.1 Å². The molecule has 0 aliphatic carbocycles. The highest BCUT2D eigenvalue weighted by Gasteiger charge is 2.13. The second-order valence-corrected chi connectivity index (χ2v) is 4.70. The van der Waals surface area contributed by atoms with Gasteiger partial charge in [0.25, 0.3) is 0 Å². The van der Waals surface area contributed by atoms with Gasteiger partial charge in [0.05, 0.1) is 12.3 Å². The van der Waals surface area contributed by atoms with Crippen LogP contribution in [0.5, 0.6) is 0 Å². The molecule has 0 aliphatic rings. The molecule has 0 radical (unpaired) electrons. The van der Waals surface area contributed by atoms with Crippen molar-refractivity contribution in [2.24, 2.45) is 0 Å². The first kappa shape index (κ1) is 15.9. The zero-order chi connectivity index (χ0) is 14.3. The molecule has 1 rings (SSSR count). The van der Waals surface area contributed by atoms with Gasteiger partial charge >= 0.3 is 0 Å². The molecule has 0 heterocycles. The molecule has 0 fully saturated rings. The molecule has 2 N–H and O–H groups in total. The molecule has 1 unspecified atom stereocenters. The number of anilines is 1. The van der Waals surface area contributed by atoms with Crippen LogP contribution < -0.4 is 10.2 Å². The minimum atomic E-state index is -0.218. The molecule has 1 aromatic rings. The van der Waals surface area contributed by atoms with E-state index in [9.17, 15) is 4.39 Å². The Morgan fingerprint density at radius 2 is 2.05 bits per heavy atom. The first-order valence-electron chi connectivity index (χ1n) is 7.02. The van der Waals surface area contributed by atoms with E-state index in [0.29, 0.717) is 12.2 Å². The summed E-state index contributed by atoms with van der Waals surface area (Å²) in [5.74, 6) is -0.218. The summed E-state index contributed by atoms with van der Waals surface area (Å²) in [6.07, 6.45) is 0.926.